The van der Waals surface area contributed by atoms with Gasteiger partial charge < -0.3 is 19.3 Å². The number of ether oxygens (including phenoxy) is 2. The molecule has 0 radical (unpaired) electrons. The smallest absolute Gasteiger partial charge is 0.119 e. The minimum Gasteiger partial charge on any atom is -0.494 e. The number of unbranched alkanes of at least 4 members (excludes halogenated alkanes) is 4. The number of nitrogens with zero attached hydrogens (tertiary/aromatic N) is 2. The second-order valence-corrected chi connectivity index (χ2v) is 13.1. The van der Waals surface area contributed by atoms with E-state index in [0.29, 0.717) is 0 Å². The normalized spacial score (nSPS) is 10.9. The molecule has 0 aromatic heterocycles. The van der Waals surface area contributed by atoms with Gasteiger partial charge in [-0.1, -0.05) is 71.4 Å². The van der Waals surface area contributed by atoms with E-state index < -0.39 is 0 Å². The van der Waals surface area contributed by atoms with Crippen LogP contribution in [0.15, 0.2) is 130 Å². The van der Waals surface area contributed by atoms with Crippen molar-refractivity contribution in [3.8, 4) is 11.5 Å². The fraction of sp³-hybridized carbons (Fsp3) is 0.250. The van der Waals surface area contributed by atoms with Gasteiger partial charge in [0.1, 0.15) is 11.5 Å². The van der Waals surface area contributed by atoms with Crippen LogP contribution in [0.3, 0.4) is 0 Å². The summed E-state index contributed by atoms with van der Waals surface area (Å²) < 4.78 is 14.1. The largest absolute Gasteiger partial charge is 0.494 e. The third-order valence-electron chi connectivity index (χ3n) is 7.76. The van der Waals surface area contributed by atoms with E-state index in [9.17, 15) is 0 Å². The third-order valence-corrected chi connectivity index (χ3v) is 8.82. The van der Waals surface area contributed by atoms with Crippen molar-refractivity contribution in [1.29, 1.82) is 0 Å². The van der Waals surface area contributed by atoms with Crippen molar-refractivity contribution in [1.82, 2.24) is 0 Å². The van der Waals surface area contributed by atoms with E-state index in [1.165, 1.54) is 25.7 Å². The number of anilines is 6. The molecule has 0 saturated carbocycles. The summed E-state index contributed by atoms with van der Waals surface area (Å²) in [6.45, 7) is 5.90. The van der Waals surface area contributed by atoms with E-state index in [-0.39, 0.29) is 0 Å². The summed E-state index contributed by atoms with van der Waals surface area (Å²) in [7, 11) is 0. The van der Waals surface area contributed by atoms with Crippen molar-refractivity contribution in [3.63, 3.8) is 0 Å². The molecule has 0 aliphatic heterocycles. The molecule has 238 valence electrons. The zero-order chi connectivity index (χ0) is 32.1. The van der Waals surface area contributed by atoms with Crippen molar-refractivity contribution in [3.05, 3.63) is 130 Å². The molecule has 5 rings (SSSR count). The highest BCUT2D eigenvalue weighted by Gasteiger charge is 2.16. The molecule has 0 heterocycles. The summed E-state index contributed by atoms with van der Waals surface area (Å²) in [6.07, 6.45) is 6.88. The van der Waals surface area contributed by atoms with Crippen molar-refractivity contribution in [2.45, 2.75) is 52.4 Å². The second-order valence-electron chi connectivity index (χ2n) is 11.2. The summed E-state index contributed by atoms with van der Waals surface area (Å²) in [6, 6.07) is 42.4. The van der Waals surface area contributed by atoms with E-state index in [2.05, 4.69) is 177 Å². The lowest BCUT2D eigenvalue weighted by Gasteiger charge is -2.28. The minimum atomic E-state index is 0.745. The number of hydrogen-bond donors (Lipinski definition) is 0. The van der Waals surface area contributed by atoms with Crippen LogP contribution in [0, 0.1) is 0 Å². The Labute approximate surface area is 291 Å². The van der Waals surface area contributed by atoms with Gasteiger partial charge in [-0.2, -0.15) is 0 Å². The molecule has 0 amide bonds. The quantitative estimate of drug-likeness (QED) is 0.0940. The van der Waals surface area contributed by atoms with Crippen LogP contribution in [0.5, 0.6) is 11.5 Å². The number of hydrogen-bond acceptors (Lipinski definition) is 4. The van der Waals surface area contributed by atoms with Gasteiger partial charge in [0, 0.05) is 43.1 Å². The van der Waals surface area contributed by atoms with E-state index >= 15 is 0 Å². The summed E-state index contributed by atoms with van der Waals surface area (Å²) in [5.74, 6) is 1.79. The van der Waals surface area contributed by atoms with Crippen molar-refractivity contribution < 1.29 is 9.47 Å². The summed E-state index contributed by atoms with van der Waals surface area (Å²) in [4.78, 5) is 4.54. The summed E-state index contributed by atoms with van der Waals surface area (Å²) in [5, 5.41) is 0. The van der Waals surface area contributed by atoms with Gasteiger partial charge in [0.15, 0.2) is 0 Å². The van der Waals surface area contributed by atoms with Gasteiger partial charge in [-0.15, -0.1) is 0 Å². The second kappa shape index (κ2) is 17.3. The van der Waals surface area contributed by atoms with Gasteiger partial charge in [0.2, 0.25) is 0 Å². The minimum absolute atomic E-state index is 0.745. The van der Waals surface area contributed by atoms with Crippen LogP contribution in [0.25, 0.3) is 0 Å². The van der Waals surface area contributed by atoms with E-state index in [4.69, 9.17) is 9.47 Å². The Bertz CT molecular complexity index is 1480. The first-order valence-electron chi connectivity index (χ1n) is 16.2. The number of benzene rings is 5. The molecule has 0 unspecified atom stereocenters. The van der Waals surface area contributed by atoms with Crippen LogP contribution in [0.1, 0.15) is 52.4 Å². The first-order valence-corrected chi connectivity index (χ1v) is 17.8. The maximum atomic E-state index is 6.00. The predicted octanol–water partition coefficient (Wildman–Crippen LogP) is 13.3. The molecule has 46 heavy (non-hydrogen) atoms. The van der Waals surface area contributed by atoms with Gasteiger partial charge in [0.05, 0.1) is 13.2 Å². The molecule has 0 atom stereocenters. The Morgan fingerprint density at radius 1 is 0.391 bits per heavy atom. The Balaban J connectivity index is 1.44. The Hall–Kier alpha value is -3.74. The maximum Gasteiger partial charge on any atom is 0.119 e. The standard InChI is InChI=1S/C40H42Br2N2O2/c1-3-5-7-29-45-39-25-21-37(22-26-39)43(33-13-9-31(41)10-14-33)35-17-19-36(20-18-35)44(34-15-11-32(42)12-16-34)38-23-27-40(28-24-38)46-30-8-6-4-2/h9-28H,3-8,29-30H2,1-2H3. The zero-order valence-electron chi connectivity index (χ0n) is 26.7. The zero-order valence-corrected chi connectivity index (χ0v) is 29.8. The highest BCUT2D eigenvalue weighted by molar-refractivity contribution is 9.10. The topological polar surface area (TPSA) is 24.9 Å². The van der Waals surface area contributed by atoms with Crippen LogP contribution >= 0.6 is 31.9 Å². The molecule has 5 aromatic carbocycles. The van der Waals surface area contributed by atoms with Crippen LogP contribution in [-0.2, 0) is 0 Å². The molecule has 0 N–H and O–H groups in total. The summed E-state index contributed by atoms with van der Waals surface area (Å²) in [5.41, 5.74) is 6.41. The van der Waals surface area contributed by atoms with E-state index in [1.54, 1.807) is 0 Å². The molecule has 0 aliphatic rings. The molecular weight excluding hydrogens is 700 g/mol. The van der Waals surface area contributed by atoms with Gasteiger partial charge in [-0.3, -0.25) is 0 Å². The highest BCUT2D eigenvalue weighted by Crippen LogP contribution is 2.40. The lowest BCUT2D eigenvalue weighted by Crippen LogP contribution is -2.12. The van der Waals surface area contributed by atoms with Gasteiger partial charge in [-0.05, 0) is 134 Å². The van der Waals surface area contributed by atoms with Crippen LogP contribution < -0.4 is 19.3 Å². The van der Waals surface area contributed by atoms with Crippen LogP contribution in [0.2, 0.25) is 0 Å². The molecule has 0 aliphatic carbocycles. The van der Waals surface area contributed by atoms with E-state index in [1.807, 2.05) is 0 Å². The lowest BCUT2D eigenvalue weighted by atomic mass is 10.1. The van der Waals surface area contributed by atoms with Crippen molar-refractivity contribution in [2.75, 3.05) is 23.0 Å². The average Bonchev–Trinajstić information content (AvgIpc) is 3.09. The highest BCUT2D eigenvalue weighted by atomic mass is 79.9. The van der Waals surface area contributed by atoms with Crippen LogP contribution in [-0.4, -0.2) is 13.2 Å². The monoisotopic (exact) mass is 740 g/mol. The van der Waals surface area contributed by atoms with Gasteiger partial charge in [-0.25, -0.2) is 0 Å². The SMILES string of the molecule is CCCCCOc1ccc(N(c2ccc(Br)cc2)c2ccc(N(c3ccc(Br)cc3)c3ccc(OCCCCC)cc3)cc2)cc1. The molecule has 4 nitrogen and oxygen atoms in total. The first-order chi connectivity index (χ1) is 22.6. The Morgan fingerprint density at radius 2 is 0.652 bits per heavy atom. The first kappa shape index (κ1) is 33.6. The van der Waals surface area contributed by atoms with Crippen molar-refractivity contribution in [2.24, 2.45) is 0 Å². The number of halogens is 2. The fourth-order valence-electron chi connectivity index (χ4n) is 5.29. The van der Waals surface area contributed by atoms with Gasteiger partial charge in [0.25, 0.3) is 0 Å². The molecule has 0 spiro atoms. The molecule has 0 saturated heterocycles. The predicted molar refractivity (Wildman–Crippen MR) is 201 cm³/mol. The van der Waals surface area contributed by atoms with Crippen LogP contribution in [0.4, 0.5) is 34.1 Å². The molecular formula is C40H42Br2N2O2. The summed E-state index contributed by atoms with van der Waals surface area (Å²) >= 11 is 7.19. The fourth-order valence-corrected chi connectivity index (χ4v) is 5.82. The maximum absolute atomic E-state index is 6.00. The van der Waals surface area contributed by atoms with Gasteiger partial charge >= 0.3 is 0 Å². The average molecular weight is 743 g/mol. The molecule has 0 bridgehead atoms. The van der Waals surface area contributed by atoms with E-state index in [0.717, 1.165) is 80.6 Å². The Kier molecular flexibility index (Phi) is 12.6. The number of rotatable bonds is 16. The molecule has 0 fully saturated rings. The molecule has 6 heteroatoms. The van der Waals surface area contributed by atoms with Crippen molar-refractivity contribution >= 4 is 66.0 Å². The Morgan fingerprint density at radius 3 is 0.935 bits per heavy atom. The third kappa shape index (κ3) is 9.17. The molecule has 5 aromatic rings. The lowest BCUT2D eigenvalue weighted by molar-refractivity contribution is 0.306.